The first-order chi connectivity index (χ1) is 7.53. The maximum absolute atomic E-state index is 10.7. The van der Waals surface area contributed by atoms with Crippen molar-refractivity contribution >= 4 is 75.4 Å². The van der Waals surface area contributed by atoms with Gasteiger partial charge in [0, 0.05) is 5.56 Å². The van der Waals surface area contributed by atoms with E-state index in [9.17, 15) is 10.1 Å². The molecule has 10 heteroatoms. The largest absolute Gasteiger partial charge is 0.370 e. The maximum Gasteiger partial charge on any atom is 0.370 e. The Bertz CT molecular complexity index is 453. The molecule has 0 N–H and O–H groups in total. The van der Waals surface area contributed by atoms with Crippen LogP contribution in [0.5, 0.6) is 0 Å². The third-order valence-corrected chi connectivity index (χ3v) is 2.94. The highest BCUT2D eigenvalue weighted by Crippen LogP contribution is 2.45. The van der Waals surface area contributed by atoms with Gasteiger partial charge < -0.3 is 10.1 Å². The van der Waals surface area contributed by atoms with Crippen LogP contribution in [0.25, 0.3) is 0 Å². The van der Waals surface area contributed by atoms with Gasteiger partial charge in [-0.1, -0.05) is 69.6 Å². The lowest BCUT2D eigenvalue weighted by molar-refractivity contribution is -0.390. The predicted molar refractivity (Wildman–Crippen MR) is 69.4 cm³/mol. The van der Waals surface area contributed by atoms with Crippen LogP contribution in [-0.4, -0.2) is 9.91 Å². The van der Waals surface area contributed by atoms with Crippen LogP contribution in [0.15, 0.2) is 12.3 Å². The van der Waals surface area contributed by atoms with E-state index in [1.54, 1.807) is 0 Å². The van der Waals surface area contributed by atoms with E-state index in [1.807, 2.05) is 0 Å². The summed E-state index contributed by atoms with van der Waals surface area (Å²) in [6, 6.07) is 1.12. The van der Waals surface area contributed by atoms with Crippen molar-refractivity contribution in [1.29, 1.82) is 0 Å². The van der Waals surface area contributed by atoms with Crippen molar-refractivity contribution in [3.8, 4) is 0 Å². The van der Waals surface area contributed by atoms with Gasteiger partial charge in [0.05, 0.1) is 0 Å². The fourth-order valence-corrected chi connectivity index (χ4v) is 1.69. The number of hydrogen-bond donors (Lipinski definition) is 0. The topological polar surface area (TPSA) is 56.0 Å². The predicted octanol–water partition coefficient (Wildman–Crippen LogP) is 4.64. The molecule has 0 aliphatic carbocycles. The lowest BCUT2D eigenvalue weighted by atomic mass is 10.2. The van der Waals surface area contributed by atoms with E-state index < -0.39 is 18.3 Å². The standard InChI is InChI=1S/C7H2Cl6N2O2/c8-6(9,10)3-1-4(7(11,12)13)5(14-2-3)15(16)17/h1-2H. The molecule has 0 saturated heterocycles. The van der Waals surface area contributed by atoms with Crippen LogP contribution in [0.1, 0.15) is 11.1 Å². The number of rotatable bonds is 1. The second kappa shape index (κ2) is 5.11. The lowest BCUT2D eigenvalue weighted by Gasteiger charge is -2.14. The summed E-state index contributed by atoms with van der Waals surface area (Å²) in [5, 5.41) is 10.7. The van der Waals surface area contributed by atoms with Crippen molar-refractivity contribution in [1.82, 2.24) is 4.98 Å². The second-order valence-electron chi connectivity index (χ2n) is 2.85. The Morgan fingerprint density at radius 1 is 1.12 bits per heavy atom. The van der Waals surface area contributed by atoms with Crippen LogP contribution in [0.2, 0.25) is 0 Å². The molecule has 1 heterocycles. The minimum Gasteiger partial charge on any atom is -0.358 e. The van der Waals surface area contributed by atoms with Crippen molar-refractivity contribution in [3.63, 3.8) is 0 Å². The second-order valence-corrected chi connectivity index (χ2v) is 7.41. The number of pyridine rings is 1. The fraction of sp³-hybridized carbons (Fsp3) is 0.286. The highest BCUT2D eigenvalue weighted by Gasteiger charge is 2.36. The van der Waals surface area contributed by atoms with E-state index >= 15 is 0 Å². The normalized spacial score (nSPS) is 12.6. The van der Waals surface area contributed by atoms with Crippen molar-refractivity contribution in [2.45, 2.75) is 7.59 Å². The van der Waals surface area contributed by atoms with Gasteiger partial charge in [-0.05, 0) is 16.0 Å². The van der Waals surface area contributed by atoms with Gasteiger partial charge >= 0.3 is 5.82 Å². The third-order valence-electron chi connectivity index (χ3n) is 1.67. The number of alkyl halides is 6. The number of halogens is 6. The van der Waals surface area contributed by atoms with Crippen LogP contribution < -0.4 is 0 Å². The van der Waals surface area contributed by atoms with Gasteiger partial charge in [-0.3, -0.25) is 0 Å². The molecule has 94 valence electrons. The summed E-state index contributed by atoms with van der Waals surface area (Å²) < 4.78 is -3.85. The summed E-state index contributed by atoms with van der Waals surface area (Å²) in [6.07, 6.45) is 1.03. The monoisotopic (exact) mass is 356 g/mol. The zero-order chi connectivity index (χ0) is 13.4. The van der Waals surface area contributed by atoms with Gasteiger partial charge in [-0.2, -0.15) is 0 Å². The summed E-state index contributed by atoms with van der Waals surface area (Å²) in [5.41, 5.74) is -0.203. The summed E-state index contributed by atoms with van der Waals surface area (Å²) in [5.74, 6) is -0.608. The van der Waals surface area contributed by atoms with E-state index in [4.69, 9.17) is 69.6 Å². The number of aromatic nitrogens is 1. The maximum atomic E-state index is 10.7. The summed E-state index contributed by atoms with van der Waals surface area (Å²) >= 11 is 33.6. The van der Waals surface area contributed by atoms with Crippen molar-refractivity contribution < 1.29 is 4.92 Å². The quantitative estimate of drug-likeness (QED) is 0.417. The van der Waals surface area contributed by atoms with Gasteiger partial charge in [0.25, 0.3) is 0 Å². The third kappa shape index (κ3) is 3.88. The van der Waals surface area contributed by atoms with Crippen molar-refractivity contribution in [3.05, 3.63) is 33.5 Å². The molecule has 0 atom stereocenters. The Balaban J connectivity index is 3.46. The fourth-order valence-electron chi connectivity index (χ4n) is 0.967. The summed E-state index contributed by atoms with van der Waals surface area (Å²) in [6.45, 7) is 0. The molecule has 0 aliphatic heterocycles. The summed E-state index contributed by atoms with van der Waals surface area (Å²) in [4.78, 5) is 13.4. The Morgan fingerprint density at radius 3 is 2.00 bits per heavy atom. The van der Waals surface area contributed by atoms with E-state index in [-0.39, 0.29) is 11.1 Å². The Hall–Kier alpha value is 0.290. The summed E-state index contributed by atoms with van der Waals surface area (Å²) in [7, 11) is 0. The molecule has 17 heavy (non-hydrogen) atoms. The molecule has 0 aliphatic rings. The van der Waals surface area contributed by atoms with Gasteiger partial charge in [0.15, 0.2) is 0 Å². The Morgan fingerprint density at radius 2 is 1.65 bits per heavy atom. The molecule has 0 saturated carbocycles. The average Bonchev–Trinajstić information content (AvgIpc) is 2.14. The molecule has 1 aromatic heterocycles. The Labute approximate surface area is 126 Å². The van der Waals surface area contributed by atoms with Crippen molar-refractivity contribution in [2.24, 2.45) is 0 Å². The van der Waals surface area contributed by atoms with Gasteiger partial charge in [0.2, 0.25) is 7.59 Å². The van der Waals surface area contributed by atoms with Gasteiger partial charge in [0.1, 0.15) is 11.8 Å². The van der Waals surface area contributed by atoms with Crippen LogP contribution in [0, 0.1) is 10.1 Å². The van der Waals surface area contributed by atoms with Gasteiger partial charge in [-0.15, -0.1) is 0 Å². The molecule has 1 aromatic rings. The molecular formula is C7H2Cl6N2O2. The lowest BCUT2D eigenvalue weighted by Crippen LogP contribution is -2.11. The van der Waals surface area contributed by atoms with Crippen LogP contribution in [-0.2, 0) is 7.59 Å². The highest BCUT2D eigenvalue weighted by atomic mass is 35.6. The molecule has 0 radical (unpaired) electrons. The minimum atomic E-state index is -2.04. The Kier molecular flexibility index (Phi) is 4.62. The first kappa shape index (κ1) is 15.3. The highest BCUT2D eigenvalue weighted by molar-refractivity contribution is 6.67. The van der Waals surface area contributed by atoms with E-state index in [0.717, 1.165) is 12.3 Å². The molecular weight excluding hydrogens is 357 g/mol. The number of nitro groups is 1. The zero-order valence-electron chi connectivity index (χ0n) is 7.63. The molecule has 0 spiro atoms. The first-order valence-corrected chi connectivity index (χ1v) is 6.09. The van der Waals surface area contributed by atoms with E-state index in [1.165, 1.54) is 0 Å². The molecule has 4 nitrogen and oxygen atoms in total. The van der Waals surface area contributed by atoms with Crippen LogP contribution in [0.3, 0.4) is 0 Å². The van der Waals surface area contributed by atoms with Gasteiger partial charge in [-0.25, -0.2) is 0 Å². The zero-order valence-corrected chi connectivity index (χ0v) is 12.2. The SMILES string of the molecule is O=[N+]([O-])c1ncc(C(Cl)(Cl)Cl)cc1C(Cl)(Cl)Cl. The van der Waals surface area contributed by atoms with Crippen molar-refractivity contribution in [2.75, 3.05) is 0 Å². The van der Waals surface area contributed by atoms with Crippen LogP contribution in [0.4, 0.5) is 5.82 Å². The molecule has 0 bridgehead atoms. The van der Waals surface area contributed by atoms with Crippen LogP contribution >= 0.6 is 69.6 Å². The van der Waals surface area contributed by atoms with E-state index in [2.05, 4.69) is 4.98 Å². The first-order valence-electron chi connectivity index (χ1n) is 3.82. The molecule has 1 rings (SSSR count). The molecule has 0 aromatic carbocycles. The molecule has 0 unspecified atom stereocenters. The van der Waals surface area contributed by atoms with E-state index in [0.29, 0.717) is 0 Å². The molecule has 0 amide bonds. The average molecular weight is 359 g/mol. The smallest absolute Gasteiger partial charge is 0.358 e. The molecule has 0 fully saturated rings. The number of nitrogens with zero attached hydrogens (tertiary/aromatic N) is 2. The number of hydrogen-bond acceptors (Lipinski definition) is 3. The minimum absolute atomic E-state index is 0.0643.